The summed E-state index contributed by atoms with van der Waals surface area (Å²) in [4.78, 5) is 48.2. The average molecular weight is 282 g/mol. The number of rotatable bonds is 4. The molecule has 0 heterocycles. The van der Waals surface area contributed by atoms with Crippen molar-refractivity contribution in [1.82, 2.24) is 0 Å². The normalized spacial score (nSPS) is 27.3. The van der Waals surface area contributed by atoms with Gasteiger partial charge in [0, 0.05) is 6.42 Å². The fourth-order valence-electron chi connectivity index (χ4n) is 2.87. The van der Waals surface area contributed by atoms with E-state index in [4.69, 9.17) is 9.47 Å². The van der Waals surface area contributed by atoms with Gasteiger partial charge in [0.2, 0.25) is 0 Å². The average Bonchev–Trinajstić information content (AvgIpc) is 3.09. The summed E-state index contributed by atoms with van der Waals surface area (Å²) in [5, 5.41) is 0. The molecule has 0 radical (unpaired) electrons. The van der Waals surface area contributed by atoms with Crippen molar-refractivity contribution in [2.45, 2.75) is 33.1 Å². The zero-order valence-electron chi connectivity index (χ0n) is 11.6. The lowest BCUT2D eigenvalue weighted by molar-refractivity contribution is -0.165. The van der Waals surface area contributed by atoms with Crippen LogP contribution >= 0.6 is 0 Å². The lowest BCUT2D eigenvalue weighted by atomic mass is 9.70. The summed E-state index contributed by atoms with van der Waals surface area (Å²) in [6.07, 6.45) is 1.36. The number of carbonyl (C=O) groups is 4. The molecule has 2 fully saturated rings. The fourth-order valence-corrected chi connectivity index (χ4v) is 2.87. The van der Waals surface area contributed by atoms with Crippen LogP contribution in [0, 0.1) is 17.3 Å². The maximum absolute atomic E-state index is 12.4. The Kier molecular flexibility index (Phi) is 3.92. The van der Waals surface area contributed by atoms with Crippen LogP contribution in [0.2, 0.25) is 0 Å². The summed E-state index contributed by atoms with van der Waals surface area (Å²) in [5.74, 6) is -5.05. The smallest absolute Gasteiger partial charge is 0.324 e. The molecule has 0 N–H and O–H groups in total. The van der Waals surface area contributed by atoms with Gasteiger partial charge in [0.05, 0.1) is 13.2 Å². The molecule has 6 heteroatoms. The molecule has 2 unspecified atom stereocenters. The summed E-state index contributed by atoms with van der Waals surface area (Å²) in [6, 6.07) is 0. The largest absolute Gasteiger partial charge is 0.465 e. The Morgan fingerprint density at radius 1 is 1.10 bits per heavy atom. The standard InChI is InChI=1S/C14H18O6/c1-3-19-12(17)9-8(15)7-14(5-6-14)10(11(9)16)13(18)20-4-2/h9-10H,3-7H2,1-2H3. The highest BCUT2D eigenvalue weighted by Gasteiger charge is 2.64. The molecular formula is C14H18O6. The summed E-state index contributed by atoms with van der Waals surface area (Å²) in [7, 11) is 0. The van der Waals surface area contributed by atoms with Crippen molar-refractivity contribution in [3.63, 3.8) is 0 Å². The summed E-state index contributed by atoms with van der Waals surface area (Å²) in [6.45, 7) is 3.50. The van der Waals surface area contributed by atoms with Gasteiger partial charge in [-0.25, -0.2) is 0 Å². The van der Waals surface area contributed by atoms with Crippen LogP contribution in [0.25, 0.3) is 0 Å². The van der Waals surface area contributed by atoms with E-state index in [1.165, 1.54) is 0 Å². The van der Waals surface area contributed by atoms with E-state index in [2.05, 4.69) is 0 Å². The van der Waals surface area contributed by atoms with Crippen LogP contribution in [-0.2, 0) is 28.7 Å². The van der Waals surface area contributed by atoms with E-state index in [0.29, 0.717) is 12.8 Å². The van der Waals surface area contributed by atoms with Crippen LogP contribution in [0.1, 0.15) is 33.1 Å². The number of ketones is 2. The van der Waals surface area contributed by atoms with Crippen molar-refractivity contribution < 1.29 is 28.7 Å². The first-order valence-corrected chi connectivity index (χ1v) is 6.86. The van der Waals surface area contributed by atoms with E-state index in [0.717, 1.165) is 0 Å². The molecule has 0 bridgehead atoms. The Hall–Kier alpha value is -1.72. The Morgan fingerprint density at radius 3 is 2.15 bits per heavy atom. The van der Waals surface area contributed by atoms with Gasteiger partial charge in [-0.2, -0.15) is 0 Å². The first-order valence-electron chi connectivity index (χ1n) is 6.86. The predicted molar refractivity (Wildman–Crippen MR) is 66.5 cm³/mol. The monoisotopic (exact) mass is 282 g/mol. The van der Waals surface area contributed by atoms with Crippen molar-refractivity contribution >= 4 is 23.5 Å². The molecule has 0 aromatic carbocycles. The fraction of sp³-hybridized carbons (Fsp3) is 0.714. The lowest BCUT2D eigenvalue weighted by Crippen LogP contribution is -2.49. The second-order valence-electron chi connectivity index (χ2n) is 5.28. The molecule has 0 aromatic rings. The number of ether oxygens (including phenoxy) is 2. The quantitative estimate of drug-likeness (QED) is 0.556. The number of hydrogen-bond donors (Lipinski definition) is 0. The highest BCUT2D eigenvalue weighted by molar-refractivity contribution is 6.23. The SMILES string of the molecule is CCOC(=O)C1C(=O)CC2(CC2)C(C(=O)OCC)C1=O. The molecule has 2 atom stereocenters. The Balaban J connectivity index is 2.26. The molecule has 2 rings (SSSR count). The minimum atomic E-state index is -1.46. The third-order valence-electron chi connectivity index (χ3n) is 3.97. The molecule has 2 aliphatic carbocycles. The highest BCUT2D eigenvalue weighted by Crippen LogP contribution is 2.58. The van der Waals surface area contributed by atoms with Gasteiger partial charge < -0.3 is 9.47 Å². The molecule has 110 valence electrons. The van der Waals surface area contributed by atoms with Crippen LogP contribution in [0.15, 0.2) is 0 Å². The minimum absolute atomic E-state index is 0.0751. The number of carbonyl (C=O) groups excluding carboxylic acids is 4. The molecule has 0 aliphatic heterocycles. The van der Waals surface area contributed by atoms with Gasteiger partial charge in [-0.15, -0.1) is 0 Å². The molecule has 2 aliphatic rings. The zero-order chi connectivity index (χ0) is 14.9. The van der Waals surface area contributed by atoms with E-state index in [1.807, 2.05) is 0 Å². The van der Waals surface area contributed by atoms with E-state index in [-0.39, 0.29) is 19.6 Å². The van der Waals surface area contributed by atoms with Crippen LogP contribution in [-0.4, -0.2) is 36.7 Å². The summed E-state index contributed by atoms with van der Waals surface area (Å²) < 4.78 is 9.69. The number of Topliss-reactive ketones (excluding diaryl/α,β-unsaturated/α-hetero) is 2. The van der Waals surface area contributed by atoms with E-state index in [1.54, 1.807) is 13.8 Å². The molecule has 0 saturated heterocycles. The van der Waals surface area contributed by atoms with Crippen molar-refractivity contribution in [2.75, 3.05) is 13.2 Å². The van der Waals surface area contributed by atoms with Gasteiger partial charge in [0.1, 0.15) is 5.92 Å². The van der Waals surface area contributed by atoms with Crippen LogP contribution in [0.4, 0.5) is 0 Å². The van der Waals surface area contributed by atoms with Gasteiger partial charge in [-0.1, -0.05) is 0 Å². The van der Waals surface area contributed by atoms with Gasteiger partial charge in [0.15, 0.2) is 17.5 Å². The number of esters is 2. The highest BCUT2D eigenvalue weighted by atomic mass is 16.5. The maximum Gasteiger partial charge on any atom is 0.324 e. The second-order valence-corrected chi connectivity index (χ2v) is 5.28. The minimum Gasteiger partial charge on any atom is -0.465 e. The Bertz CT molecular complexity index is 462. The van der Waals surface area contributed by atoms with Gasteiger partial charge >= 0.3 is 11.9 Å². The second kappa shape index (κ2) is 5.34. The molecule has 0 aromatic heterocycles. The molecule has 20 heavy (non-hydrogen) atoms. The zero-order valence-corrected chi connectivity index (χ0v) is 11.6. The molecular weight excluding hydrogens is 264 g/mol. The third-order valence-corrected chi connectivity index (χ3v) is 3.97. The molecule has 6 nitrogen and oxygen atoms in total. The first-order chi connectivity index (χ1) is 9.46. The van der Waals surface area contributed by atoms with E-state index < -0.39 is 40.8 Å². The van der Waals surface area contributed by atoms with Crippen LogP contribution < -0.4 is 0 Å². The first kappa shape index (κ1) is 14.7. The Labute approximate surface area is 116 Å². The Morgan fingerprint density at radius 2 is 1.65 bits per heavy atom. The van der Waals surface area contributed by atoms with Crippen LogP contribution in [0.3, 0.4) is 0 Å². The van der Waals surface area contributed by atoms with Crippen molar-refractivity contribution in [3.8, 4) is 0 Å². The third kappa shape index (κ3) is 2.34. The maximum atomic E-state index is 12.4. The summed E-state index contributed by atoms with van der Waals surface area (Å²) in [5.41, 5.74) is -0.608. The molecule has 0 amide bonds. The summed E-state index contributed by atoms with van der Waals surface area (Å²) >= 11 is 0. The van der Waals surface area contributed by atoms with Gasteiger partial charge in [-0.05, 0) is 32.1 Å². The molecule has 2 saturated carbocycles. The van der Waals surface area contributed by atoms with Crippen LogP contribution in [0.5, 0.6) is 0 Å². The van der Waals surface area contributed by atoms with Crippen molar-refractivity contribution in [3.05, 3.63) is 0 Å². The lowest BCUT2D eigenvalue weighted by Gasteiger charge is -2.31. The molecule has 1 spiro atoms. The van der Waals surface area contributed by atoms with Gasteiger partial charge in [0.25, 0.3) is 0 Å². The van der Waals surface area contributed by atoms with Gasteiger partial charge in [-0.3, -0.25) is 19.2 Å². The van der Waals surface area contributed by atoms with Crippen molar-refractivity contribution in [1.29, 1.82) is 0 Å². The van der Waals surface area contributed by atoms with Crippen molar-refractivity contribution in [2.24, 2.45) is 17.3 Å². The predicted octanol–water partition coefficient (Wildman–Crippen LogP) is 0.667. The number of hydrogen-bond acceptors (Lipinski definition) is 6. The van der Waals surface area contributed by atoms with E-state index in [9.17, 15) is 19.2 Å². The van der Waals surface area contributed by atoms with E-state index >= 15 is 0 Å². The topological polar surface area (TPSA) is 86.7 Å².